The van der Waals surface area contributed by atoms with Gasteiger partial charge in [-0.3, -0.25) is 4.68 Å². The van der Waals surface area contributed by atoms with Crippen LogP contribution >= 0.6 is 0 Å². The summed E-state index contributed by atoms with van der Waals surface area (Å²) in [7, 11) is -1.12. The molecule has 25 heavy (non-hydrogen) atoms. The lowest BCUT2D eigenvalue weighted by Gasteiger charge is -2.28. The van der Waals surface area contributed by atoms with E-state index in [2.05, 4.69) is 41.6 Å². The number of nitrogens with one attached hydrogen (secondary N) is 1. The topological polar surface area (TPSA) is 64.0 Å². The molecule has 0 saturated carbocycles. The second-order valence-corrected chi connectivity index (χ2v) is 8.85. The normalized spacial score (nSPS) is 20.6. The highest BCUT2D eigenvalue weighted by molar-refractivity contribution is 7.93. The second-order valence-electron chi connectivity index (χ2n) is 6.92. The molecule has 2 aromatic rings. The molecule has 6 heteroatoms. The zero-order chi connectivity index (χ0) is 18.0. The molecule has 0 amide bonds. The third kappa shape index (κ3) is 4.12. The summed E-state index contributed by atoms with van der Waals surface area (Å²) in [4.78, 5) is 0. The van der Waals surface area contributed by atoms with E-state index in [-0.39, 0.29) is 0 Å². The van der Waals surface area contributed by atoms with Crippen molar-refractivity contribution in [3.63, 3.8) is 0 Å². The highest BCUT2D eigenvalue weighted by atomic mass is 32.2. The fourth-order valence-corrected chi connectivity index (χ4v) is 4.06. The highest BCUT2D eigenvalue weighted by Crippen LogP contribution is 2.42. The minimum absolute atomic E-state index is 0.315. The van der Waals surface area contributed by atoms with E-state index in [1.807, 2.05) is 17.8 Å². The minimum Gasteiger partial charge on any atom is -0.365 e. The number of rotatable bonds is 5. The van der Waals surface area contributed by atoms with Gasteiger partial charge in [0.2, 0.25) is 0 Å². The van der Waals surface area contributed by atoms with Crippen LogP contribution in [0.3, 0.4) is 0 Å². The van der Waals surface area contributed by atoms with Crippen LogP contribution in [0.15, 0.2) is 41.8 Å². The molecule has 2 unspecified atom stereocenters. The summed E-state index contributed by atoms with van der Waals surface area (Å²) in [6.45, 7) is 2.72. The van der Waals surface area contributed by atoms with Gasteiger partial charge >= 0.3 is 0 Å². The van der Waals surface area contributed by atoms with E-state index in [0.717, 1.165) is 18.7 Å². The molecule has 1 aromatic carbocycles. The molecule has 0 saturated heterocycles. The Hall–Kier alpha value is -2.08. The van der Waals surface area contributed by atoms with E-state index in [1.165, 1.54) is 28.5 Å². The van der Waals surface area contributed by atoms with Crippen LogP contribution in [0.25, 0.3) is 0 Å². The Balaban J connectivity index is 1.92. The van der Waals surface area contributed by atoms with E-state index < -0.39 is 9.84 Å². The standard InChI is InChI=1S/C19H25N3O2S/c1-14-12-16(15-8-5-4-6-9-15)18-17(13-14)22(2)21-19(18)20-10-7-11-25(3,23)24/h4-9,11,14,16H,10,12-13H2,1-3H3,(H,20,21)/b11-7+. The molecule has 3 rings (SSSR count). The number of hydrogen-bond donors (Lipinski definition) is 1. The quantitative estimate of drug-likeness (QED) is 0.891. The molecule has 1 heterocycles. The number of benzene rings is 1. The van der Waals surface area contributed by atoms with Gasteiger partial charge in [-0.1, -0.05) is 43.3 Å². The summed E-state index contributed by atoms with van der Waals surface area (Å²) in [5.74, 6) is 1.78. The summed E-state index contributed by atoms with van der Waals surface area (Å²) in [5, 5.41) is 9.18. The zero-order valence-electron chi connectivity index (χ0n) is 14.9. The van der Waals surface area contributed by atoms with Crippen molar-refractivity contribution >= 4 is 15.7 Å². The molecule has 2 atom stereocenters. The molecule has 5 nitrogen and oxygen atoms in total. The lowest BCUT2D eigenvalue weighted by molar-refractivity contribution is 0.449. The summed E-state index contributed by atoms with van der Waals surface area (Å²) in [5.41, 5.74) is 3.82. The molecule has 0 aliphatic heterocycles. The SMILES string of the molecule is CC1Cc2c(c(NC/C=C/S(C)(=O)=O)nn2C)C(c2ccccc2)C1. The van der Waals surface area contributed by atoms with Gasteiger partial charge in [0.25, 0.3) is 0 Å². The molecular weight excluding hydrogens is 334 g/mol. The number of aryl methyl sites for hydroxylation is 1. The molecular formula is C19H25N3O2S. The number of aromatic nitrogens is 2. The molecule has 0 spiro atoms. The Morgan fingerprint density at radius 2 is 2.04 bits per heavy atom. The van der Waals surface area contributed by atoms with Crippen molar-refractivity contribution in [1.29, 1.82) is 0 Å². The molecule has 1 aliphatic rings. The van der Waals surface area contributed by atoms with E-state index in [4.69, 9.17) is 0 Å². The van der Waals surface area contributed by atoms with Crippen LogP contribution in [0, 0.1) is 5.92 Å². The number of nitrogens with zero attached hydrogens (tertiary/aromatic N) is 2. The summed E-state index contributed by atoms with van der Waals surface area (Å²) >= 11 is 0. The minimum atomic E-state index is -3.10. The van der Waals surface area contributed by atoms with Crippen molar-refractivity contribution in [2.45, 2.75) is 25.7 Å². The summed E-state index contributed by atoms with van der Waals surface area (Å²) < 4.78 is 24.4. The monoisotopic (exact) mass is 359 g/mol. The van der Waals surface area contributed by atoms with Crippen LogP contribution in [-0.4, -0.2) is 31.0 Å². The number of hydrogen-bond acceptors (Lipinski definition) is 4. The summed E-state index contributed by atoms with van der Waals surface area (Å²) in [6.07, 6.45) is 4.93. The Kier molecular flexibility index (Phi) is 4.99. The predicted octanol–water partition coefficient (Wildman–Crippen LogP) is 3.10. The van der Waals surface area contributed by atoms with Gasteiger partial charge in [-0.15, -0.1) is 0 Å². The van der Waals surface area contributed by atoms with Gasteiger partial charge in [-0.05, 0) is 24.3 Å². The molecule has 134 valence electrons. The lowest BCUT2D eigenvalue weighted by Crippen LogP contribution is -2.19. The van der Waals surface area contributed by atoms with E-state index in [1.54, 1.807) is 6.08 Å². The highest BCUT2D eigenvalue weighted by Gasteiger charge is 2.31. The van der Waals surface area contributed by atoms with Crippen molar-refractivity contribution in [3.8, 4) is 0 Å². The third-order valence-corrected chi connectivity index (χ3v) is 5.35. The fraction of sp³-hybridized carbons (Fsp3) is 0.421. The van der Waals surface area contributed by atoms with Gasteiger partial charge < -0.3 is 5.32 Å². The van der Waals surface area contributed by atoms with Gasteiger partial charge in [0.15, 0.2) is 15.7 Å². The van der Waals surface area contributed by atoms with Crippen LogP contribution in [0.4, 0.5) is 5.82 Å². The third-order valence-electron chi connectivity index (χ3n) is 4.67. The Morgan fingerprint density at radius 3 is 2.72 bits per heavy atom. The van der Waals surface area contributed by atoms with Crippen molar-refractivity contribution < 1.29 is 8.42 Å². The maximum Gasteiger partial charge on any atom is 0.168 e. The predicted molar refractivity (Wildman–Crippen MR) is 101 cm³/mol. The number of anilines is 1. The first-order valence-corrected chi connectivity index (χ1v) is 10.5. The van der Waals surface area contributed by atoms with Gasteiger partial charge in [0.1, 0.15) is 0 Å². The second kappa shape index (κ2) is 7.04. The smallest absolute Gasteiger partial charge is 0.168 e. The van der Waals surface area contributed by atoms with Crippen molar-refractivity contribution in [2.24, 2.45) is 13.0 Å². The lowest BCUT2D eigenvalue weighted by atomic mass is 9.77. The average Bonchev–Trinajstić information content (AvgIpc) is 2.87. The maximum atomic E-state index is 11.2. The van der Waals surface area contributed by atoms with Crippen molar-refractivity contribution in [2.75, 3.05) is 18.1 Å². The first kappa shape index (κ1) is 17.7. The average molecular weight is 359 g/mol. The zero-order valence-corrected chi connectivity index (χ0v) is 15.8. The first-order valence-electron chi connectivity index (χ1n) is 8.56. The van der Waals surface area contributed by atoms with Crippen molar-refractivity contribution in [3.05, 3.63) is 58.6 Å². The van der Waals surface area contributed by atoms with Gasteiger partial charge in [0.05, 0.1) is 0 Å². The van der Waals surface area contributed by atoms with Crippen LogP contribution < -0.4 is 5.32 Å². The Labute approximate surface area is 149 Å². The van der Waals surface area contributed by atoms with E-state index in [9.17, 15) is 8.42 Å². The van der Waals surface area contributed by atoms with Gasteiger partial charge in [-0.2, -0.15) is 5.10 Å². The molecule has 0 radical (unpaired) electrons. The van der Waals surface area contributed by atoms with E-state index >= 15 is 0 Å². The van der Waals surface area contributed by atoms with Crippen LogP contribution in [0.2, 0.25) is 0 Å². The Morgan fingerprint density at radius 1 is 1.32 bits per heavy atom. The summed E-state index contributed by atoms with van der Waals surface area (Å²) in [6, 6.07) is 10.5. The maximum absolute atomic E-state index is 11.2. The molecule has 1 N–H and O–H groups in total. The molecule has 1 aliphatic carbocycles. The van der Waals surface area contributed by atoms with Gasteiger partial charge in [0, 0.05) is 42.4 Å². The Bertz CT molecular complexity index is 870. The van der Waals surface area contributed by atoms with Crippen molar-refractivity contribution in [1.82, 2.24) is 9.78 Å². The first-order chi connectivity index (χ1) is 11.8. The molecule has 1 aromatic heterocycles. The number of fused-ring (bicyclic) bond motifs is 1. The fourth-order valence-electron chi connectivity index (χ4n) is 3.61. The number of sulfone groups is 1. The van der Waals surface area contributed by atoms with Crippen LogP contribution in [0.1, 0.15) is 36.1 Å². The van der Waals surface area contributed by atoms with Crippen LogP contribution in [-0.2, 0) is 23.3 Å². The molecule has 0 fully saturated rings. The van der Waals surface area contributed by atoms with E-state index in [0.29, 0.717) is 18.4 Å². The largest absolute Gasteiger partial charge is 0.365 e. The molecule has 0 bridgehead atoms. The van der Waals surface area contributed by atoms with Crippen LogP contribution in [0.5, 0.6) is 0 Å². The van der Waals surface area contributed by atoms with Gasteiger partial charge in [-0.25, -0.2) is 8.42 Å².